The number of nitrogens with zero attached hydrogens (tertiary/aromatic N) is 2. The van der Waals surface area contributed by atoms with Crippen LogP contribution in [0.5, 0.6) is 0 Å². The number of nitriles is 1. The van der Waals surface area contributed by atoms with Gasteiger partial charge in [0.25, 0.3) is 0 Å². The fourth-order valence-corrected chi connectivity index (χ4v) is 1.44. The first kappa shape index (κ1) is 12.1. The molecule has 82 valence electrons. The Morgan fingerprint density at radius 3 is 2.38 bits per heavy atom. The van der Waals surface area contributed by atoms with E-state index >= 15 is 0 Å². The first-order valence-corrected chi connectivity index (χ1v) is 5.16. The molecule has 0 fully saturated rings. The van der Waals surface area contributed by atoms with E-state index in [4.69, 9.17) is 5.26 Å². The van der Waals surface area contributed by atoms with Crippen LogP contribution in [0.3, 0.4) is 0 Å². The quantitative estimate of drug-likeness (QED) is 0.568. The van der Waals surface area contributed by atoms with E-state index in [1.165, 1.54) is 0 Å². The van der Waals surface area contributed by atoms with Crippen molar-refractivity contribution in [3.8, 4) is 6.07 Å². The Morgan fingerprint density at radius 1 is 1.25 bits per heavy atom. The zero-order valence-corrected chi connectivity index (χ0v) is 9.94. The van der Waals surface area contributed by atoms with Crippen LogP contribution in [0.1, 0.15) is 12.5 Å². The van der Waals surface area contributed by atoms with Crippen molar-refractivity contribution in [1.82, 2.24) is 4.90 Å². The van der Waals surface area contributed by atoms with E-state index in [1.807, 2.05) is 56.3 Å². The predicted molar refractivity (Wildman–Crippen MR) is 67.5 cm³/mol. The van der Waals surface area contributed by atoms with Crippen LogP contribution >= 0.6 is 0 Å². The molecule has 0 aliphatic rings. The molecule has 2 nitrogen and oxygen atoms in total. The van der Waals surface area contributed by atoms with E-state index in [-0.39, 0.29) is 0 Å². The van der Waals surface area contributed by atoms with E-state index in [9.17, 15) is 0 Å². The molecular weight excluding hydrogens is 196 g/mol. The lowest BCUT2D eigenvalue weighted by atomic mass is 10.1. The van der Waals surface area contributed by atoms with Crippen molar-refractivity contribution in [2.24, 2.45) is 0 Å². The van der Waals surface area contributed by atoms with Gasteiger partial charge in [-0.2, -0.15) is 5.26 Å². The zero-order valence-electron chi connectivity index (χ0n) is 9.94. The third-order valence-electron chi connectivity index (χ3n) is 2.21. The van der Waals surface area contributed by atoms with Crippen molar-refractivity contribution in [1.29, 1.82) is 5.26 Å². The van der Waals surface area contributed by atoms with Crippen molar-refractivity contribution >= 4 is 5.70 Å². The Kier molecular flexibility index (Phi) is 4.35. The van der Waals surface area contributed by atoms with E-state index in [1.54, 1.807) is 6.08 Å². The van der Waals surface area contributed by atoms with Gasteiger partial charge in [0.1, 0.15) is 0 Å². The average molecular weight is 212 g/mol. The molecule has 2 heteroatoms. The topological polar surface area (TPSA) is 27.0 Å². The highest BCUT2D eigenvalue weighted by Gasteiger charge is 2.02. The van der Waals surface area contributed by atoms with Crippen LogP contribution in [0.2, 0.25) is 0 Å². The molecule has 1 aromatic rings. The van der Waals surface area contributed by atoms with Crippen molar-refractivity contribution < 1.29 is 0 Å². The highest BCUT2D eigenvalue weighted by Crippen LogP contribution is 2.18. The number of allylic oxidation sites excluding steroid dienone is 3. The molecule has 1 rings (SSSR count). The summed E-state index contributed by atoms with van der Waals surface area (Å²) in [6.45, 7) is 1.93. The molecule has 0 bridgehead atoms. The molecule has 0 heterocycles. The molecule has 1 aromatic carbocycles. The maximum atomic E-state index is 8.59. The summed E-state index contributed by atoms with van der Waals surface area (Å²) >= 11 is 0. The Balaban J connectivity index is 3.12. The molecule has 0 amide bonds. The highest BCUT2D eigenvalue weighted by molar-refractivity contribution is 5.66. The molecule has 0 radical (unpaired) electrons. The molecule has 0 aliphatic heterocycles. The van der Waals surface area contributed by atoms with Crippen LogP contribution in [0.25, 0.3) is 5.70 Å². The second-order valence-corrected chi connectivity index (χ2v) is 3.81. The molecule has 0 saturated heterocycles. The van der Waals surface area contributed by atoms with Gasteiger partial charge in [-0.3, -0.25) is 0 Å². The number of hydrogen-bond acceptors (Lipinski definition) is 2. The number of benzene rings is 1. The lowest BCUT2D eigenvalue weighted by Crippen LogP contribution is -2.10. The molecule has 0 spiro atoms. The minimum Gasteiger partial charge on any atom is -0.377 e. The molecule has 0 N–H and O–H groups in total. The molecule has 0 aromatic heterocycles. The summed E-state index contributed by atoms with van der Waals surface area (Å²) in [7, 11) is 4.00. The third-order valence-corrected chi connectivity index (χ3v) is 2.21. The van der Waals surface area contributed by atoms with Crippen LogP contribution in [-0.2, 0) is 0 Å². The first-order chi connectivity index (χ1) is 7.65. The van der Waals surface area contributed by atoms with Gasteiger partial charge in [0.15, 0.2) is 0 Å². The van der Waals surface area contributed by atoms with Crippen LogP contribution in [0.4, 0.5) is 0 Å². The Labute approximate surface area is 97.1 Å². The smallest absolute Gasteiger partial charge is 0.0914 e. The zero-order chi connectivity index (χ0) is 12.0. The normalized spacial score (nSPS) is 12.1. The van der Waals surface area contributed by atoms with Crippen LogP contribution in [0, 0.1) is 11.3 Å². The van der Waals surface area contributed by atoms with Gasteiger partial charge in [0, 0.05) is 25.9 Å². The second-order valence-electron chi connectivity index (χ2n) is 3.81. The lowest BCUT2D eigenvalue weighted by molar-refractivity contribution is 0.591. The molecule has 0 atom stereocenters. The summed E-state index contributed by atoms with van der Waals surface area (Å²) in [5.41, 5.74) is 3.21. The van der Waals surface area contributed by atoms with Gasteiger partial charge in [0.05, 0.1) is 6.07 Å². The minimum atomic E-state index is 0.954. The Morgan fingerprint density at radius 2 is 1.88 bits per heavy atom. The summed E-state index contributed by atoms with van der Waals surface area (Å²) < 4.78 is 0. The van der Waals surface area contributed by atoms with Crippen molar-refractivity contribution in [3.05, 3.63) is 53.6 Å². The van der Waals surface area contributed by atoms with Gasteiger partial charge in [-0.15, -0.1) is 0 Å². The summed E-state index contributed by atoms with van der Waals surface area (Å²) in [4.78, 5) is 2.05. The van der Waals surface area contributed by atoms with Crippen LogP contribution in [-0.4, -0.2) is 19.0 Å². The largest absolute Gasteiger partial charge is 0.377 e. The monoisotopic (exact) mass is 212 g/mol. The van der Waals surface area contributed by atoms with Gasteiger partial charge >= 0.3 is 0 Å². The van der Waals surface area contributed by atoms with E-state index < -0.39 is 0 Å². The minimum absolute atomic E-state index is 0.954. The summed E-state index contributed by atoms with van der Waals surface area (Å²) in [5.74, 6) is 0. The van der Waals surface area contributed by atoms with E-state index in [0.717, 1.165) is 16.8 Å². The average Bonchev–Trinajstić information content (AvgIpc) is 2.27. The van der Waals surface area contributed by atoms with Gasteiger partial charge in [-0.05, 0) is 24.1 Å². The van der Waals surface area contributed by atoms with Crippen LogP contribution in [0.15, 0.2) is 48.1 Å². The van der Waals surface area contributed by atoms with Gasteiger partial charge in [0.2, 0.25) is 0 Å². The first-order valence-electron chi connectivity index (χ1n) is 5.16. The fourth-order valence-electron chi connectivity index (χ4n) is 1.44. The van der Waals surface area contributed by atoms with Gasteiger partial charge in [-0.1, -0.05) is 30.3 Å². The van der Waals surface area contributed by atoms with E-state index in [2.05, 4.69) is 12.1 Å². The SMILES string of the molecule is CC(=CC#N)C=C(c1ccccc1)N(C)C. The van der Waals surface area contributed by atoms with Crippen molar-refractivity contribution in [3.63, 3.8) is 0 Å². The maximum Gasteiger partial charge on any atom is 0.0914 e. The number of rotatable bonds is 3. The molecule has 16 heavy (non-hydrogen) atoms. The Bertz CT molecular complexity index is 434. The maximum absolute atomic E-state index is 8.59. The van der Waals surface area contributed by atoms with E-state index in [0.29, 0.717) is 0 Å². The lowest BCUT2D eigenvalue weighted by Gasteiger charge is -2.17. The fraction of sp³-hybridized carbons (Fsp3) is 0.214. The second kappa shape index (κ2) is 5.77. The third kappa shape index (κ3) is 3.29. The predicted octanol–water partition coefficient (Wildman–Crippen LogP) is 3.06. The molecular formula is C14H16N2. The highest BCUT2D eigenvalue weighted by atomic mass is 15.1. The van der Waals surface area contributed by atoms with Gasteiger partial charge < -0.3 is 4.90 Å². The molecule has 0 aliphatic carbocycles. The Hall–Kier alpha value is -2.01. The molecule has 0 unspecified atom stereocenters. The summed E-state index contributed by atoms with van der Waals surface area (Å²) in [6.07, 6.45) is 3.56. The summed E-state index contributed by atoms with van der Waals surface area (Å²) in [5, 5.41) is 8.59. The van der Waals surface area contributed by atoms with Crippen molar-refractivity contribution in [2.75, 3.05) is 14.1 Å². The van der Waals surface area contributed by atoms with Crippen molar-refractivity contribution in [2.45, 2.75) is 6.92 Å². The summed E-state index contributed by atoms with van der Waals surface area (Å²) in [6, 6.07) is 12.2. The van der Waals surface area contributed by atoms with Crippen LogP contribution < -0.4 is 0 Å². The molecule has 0 saturated carbocycles. The number of hydrogen-bond donors (Lipinski definition) is 0. The van der Waals surface area contributed by atoms with Gasteiger partial charge in [-0.25, -0.2) is 0 Å². The standard InChI is InChI=1S/C14H16N2/c1-12(9-10-15)11-14(16(2)3)13-7-5-4-6-8-13/h4-9,11H,1-3H3.